The third-order valence-electron chi connectivity index (χ3n) is 6.97. The Balaban J connectivity index is 3.84. The number of hydrogen-bond donors (Lipinski definition) is 2. The van der Waals surface area contributed by atoms with Gasteiger partial charge in [-0.05, 0) is 0 Å². The summed E-state index contributed by atoms with van der Waals surface area (Å²) in [7, 11) is -4.54. The van der Waals surface area contributed by atoms with Crippen LogP contribution in [0.15, 0.2) is 23.1 Å². The molecule has 0 saturated carbocycles. The predicted molar refractivity (Wildman–Crippen MR) is 155 cm³/mol. The van der Waals surface area contributed by atoms with E-state index in [9.17, 15) is 18.0 Å². The van der Waals surface area contributed by atoms with Crippen LogP contribution in [0.4, 0.5) is 0 Å². The molecular weight excluding hydrogens is 543 g/mol. The van der Waals surface area contributed by atoms with Crippen molar-refractivity contribution in [2.45, 2.75) is 84.0 Å². The molecule has 226 valence electrons. The Kier molecular flexibility index (Phi) is 15.7. The van der Waals surface area contributed by atoms with Crippen LogP contribution in [-0.4, -0.2) is 81.6 Å². The summed E-state index contributed by atoms with van der Waals surface area (Å²) in [6.07, 6.45) is 9.68. The van der Waals surface area contributed by atoms with Crippen LogP contribution in [0.3, 0.4) is 0 Å². The SMILES string of the molecule is CCCCP(CCCC)(CCCC)(CCCC)OS(=O)(=O)c1cc(C(=O)OCCO)ccc1C(=O)OCCO. The molecular formula is C28H49O9PS. The van der Waals surface area contributed by atoms with Gasteiger partial charge in [-0.3, -0.25) is 0 Å². The molecule has 0 atom stereocenters. The fourth-order valence-electron chi connectivity index (χ4n) is 4.83. The molecule has 0 fully saturated rings. The quantitative estimate of drug-likeness (QED) is 0.143. The van der Waals surface area contributed by atoms with E-state index in [0.29, 0.717) is 24.6 Å². The van der Waals surface area contributed by atoms with Crippen molar-refractivity contribution in [1.29, 1.82) is 0 Å². The molecule has 1 aromatic carbocycles. The zero-order valence-corrected chi connectivity index (χ0v) is 25.9. The van der Waals surface area contributed by atoms with Crippen molar-refractivity contribution in [3.8, 4) is 0 Å². The van der Waals surface area contributed by atoms with Crippen LogP contribution < -0.4 is 0 Å². The normalized spacial score (nSPS) is 13.0. The average Bonchev–Trinajstić information content (AvgIpc) is 2.94. The maximum absolute atomic E-state index is 14.3. The molecule has 0 heterocycles. The number of ether oxygens (including phenoxy) is 2. The minimum absolute atomic E-state index is 0.0890. The summed E-state index contributed by atoms with van der Waals surface area (Å²) in [5, 5.41) is 18.1. The molecule has 0 bridgehead atoms. The Morgan fingerprint density at radius 2 is 1.18 bits per heavy atom. The monoisotopic (exact) mass is 592 g/mol. The molecule has 0 aliphatic heterocycles. The number of esters is 2. The summed E-state index contributed by atoms with van der Waals surface area (Å²) >= 11 is 0. The van der Waals surface area contributed by atoms with Gasteiger partial charge in [0.1, 0.15) is 0 Å². The molecule has 0 amide bonds. The van der Waals surface area contributed by atoms with E-state index in [4.69, 9.17) is 23.7 Å². The molecule has 0 spiro atoms. The molecule has 0 aliphatic carbocycles. The first kappa shape index (κ1) is 35.4. The zero-order valence-electron chi connectivity index (χ0n) is 24.2. The van der Waals surface area contributed by atoms with Crippen molar-refractivity contribution in [3.05, 3.63) is 29.3 Å². The molecule has 9 nitrogen and oxygen atoms in total. The number of carbonyl (C=O) groups is 2. The van der Waals surface area contributed by atoms with Crippen LogP contribution in [0.25, 0.3) is 0 Å². The van der Waals surface area contributed by atoms with E-state index in [-0.39, 0.29) is 30.9 Å². The predicted octanol–water partition coefficient (Wildman–Crippen LogP) is 5.36. The van der Waals surface area contributed by atoms with Gasteiger partial charge >= 0.3 is 235 Å². The number of carbonyl (C=O) groups excluding carboxylic acids is 2. The van der Waals surface area contributed by atoms with E-state index < -0.39 is 40.4 Å². The third-order valence-corrected chi connectivity index (χ3v) is 16.1. The Morgan fingerprint density at radius 3 is 1.59 bits per heavy atom. The first-order valence-corrected chi connectivity index (χ1v) is 18.5. The zero-order chi connectivity index (χ0) is 29.4. The van der Waals surface area contributed by atoms with Crippen LogP contribution in [-0.2, 0) is 23.6 Å². The van der Waals surface area contributed by atoms with E-state index in [2.05, 4.69) is 27.7 Å². The van der Waals surface area contributed by atoms with Crippen LogP contribution in [0.5, 0.6) is 0 Å². The average molecular weight is 593 g/mol. The van der Waals surface area contributed by atoms with Crippen LogP contribution in [0.2, 0.25) is 0 Å². The Labute approximate surface area is 234 Å². The van der Waals surface area contributed by atoms with Crippen molar-refractivity contribution in [2.75, 3.05) is 51.1 Å². The molecule has 39 heavy (non-hydrogen) atoms. The van der Waals surface area contributed by atoms with Crippen molar-refractivity contribution in [1.82, 2.24) is 0 Å². The van der Waals surface area contributed by atoms with Gasteiger partial charge in [0.25, 0.3) is 0 Å². The molecule has 0 saturated heterocycles. The van der Waals surface area contributed by atoms with E-state index in [0.717, 1.165) is 57.4 Å². The van der Waals surface area contributed by atoms with Gasteiger partial charge in [0.15, 0.2) is 0 Å². The number of aliphatic hydroxyl groups excluding tert-OH is 2. The molecule has 0 radical (unpaired) electrons. The fourth-order valence-corrected chi connectivity index (χ4v) is 15.1. The Bertz CT molecular complexity index is 967. The second-order valence-corrected chi connectivity index (χ2v) is 17.6. The number of hydrogen-bond acceptors (Lipinski definition) is 9. The summed E-state index contributed by atoms with van der Waals surface area (Å²) in [6.45, 7) is 3.62. The first-order chi connectivity index (χ1) is 18.6. The molecule has 0 aromatic heterocycles. The molecule has 1 rings (SSSR count). The molecule has 1 aromatic rings. The van der Waals surface area contributed by atoms with E-state index in [1.54, 1.807) is 0 Å². The van der Waals surface area contributed by atoms with Gasteiger partial charge in [0, 0.05) is 0 Å². The Hall–Kier alpha value is -1.58. The molecule has 0 aliphatic rings. The molecule has 2 N–H and O–H groups in total. The van der Waals surface area contributed by atoms with Gasteiger partial charge in [-0.25, -0.2) is 0 Å². The standard InChI is InChI=1S/C28H49O9PS/c1-5-9-19-38(20-10-6-2,21-11-7-3,22-12-8-4)37-39(33,34)26-23-24(27(31)35-17-15-29)13-14-25(26)28(32)36-18-16-30/h13-14,23,29-30H,5-12,15-22H2,1-4H3. The van der Waals surface area contributed by atoms with Gasteiger partial charge in [0.05, 0.1) is 0 Å². The third kappa shape index (κ3) is 10.4. The summed E-state index contributed by atoms with van der Waals surface area (Å²) < 4.78 is 45.1. The van der Waals surface area contributed by atoms with Gasteiger partial charge < -0.3 is 0 Å². The fraction of sp³-hybridized carbons (Fsp3) is 0.714. The van der Waals surface area contributed by atoms with Crippen LogP contribution >= 0.6 is 6.83 Å². The van der Waals surface area contributed by atoms with Crippen molar-refractivity contribution < 1.29 is 41.7 Å². The van der Waals surface area contributed by atoms with Gasteiger partial charge in [-0.2, -0.15) is 0 Å². The second-order valence-electron chi connectivity index (χ2n) is 10.1. The van der Waals surface area contributed by atoms with E-state index >= 15 is 0 Å². The summed E-state index contributed by atoms with van der Waals surface area (Å²) in [4.78, 5) is 25.0. The van der Waals surface area contributed by atoms with Crippen molar-refractivity contribution in [3.63, 3.8) is 0 Å². The van der Waals surface area contributed by atoms with Gasteiger partial charge in [-0.1, -0.05) is 0 Å². The van der Waals surface area contributed by atoms with Gasteiger partial charge in [-0.15, -0.1) is 0 Å². The van der Waals surface area contributed by atoms with Crippen molar-refractivity contribution in [2.24, 2.45) is 0 Å². The number of rotatable bonds is 21. The number of aliphatic hydroxyl groups is 2. The minimum atomic E-state index is -4.54. The molecule has 0 unspecified atom stereocenters. The first-order valence-electron chi connectivity index (χ1n) is 14.2. The second kappa shape index (κ2) is 17.3. The number of unbranched alkanes of at least 4 members (excludes halogenated alkanes) is 4. The Morgan fingerprint density at radius 1 is 0.744 bits per heavy atom. The van der Waals surface area contributed by atoms with Crippen LogP contribution in [0, 0.1) is 0 Å². The molecule has 11 heteroatoms. The summed E-state index contributed by atoms with van der Waals surface area (Å²) in [5.41, 5.74) is -0.357. The summed E-state index contributed by atoms with van der Waals surface area (Å²) in [6, 6.07) is 3.57. The van der Waals surface area contributed by atoms with Gasteiger partial charge in [0.2, 0.25) is 0 Å². The van der Waals surface area contributed by atoms with E-state index in [1.165, 1.54) is 12.1 Å². The maximum atomic E-state index is 14.3. The number of benzene rings is 1. The topological polar surface area (TPSA) is 136 Å². The van der Waals surface area contributed by atoms with E-state index in [1.807, 2.05) is 0 Å². The van der Waals surface area contributed by atoms with Crippen molar-refractivity contribution >= 4 is 28.9 Å². The summed E-state index contributed by atoms with van der Waals surface area (Å²) in [5.74, 6) is -1.77. The van der Waals surface area contributed by atoms with Crippen LogP contribution in [0.1, 0.15) is 99.8 Å².